The molecule has 0 saturated carbocycles. The molecule has 0 aliphatic carbocycles. The van der Waals surface area contributed by atoms with Crippen LogP contribution < -0.4 is 0 Å². The number of hydrogen-bond donors (Lipinski definition) is 0. The summed E-state index contributed by atoms with van der Waals surface area (Å²) in [5.74, 6) is 0.167. The van der Waals surface area contributed by atoms with Gasteiger partial charge in [-0.3, -0.25) is 0 Å². The Bertz CT molecular complexity index is 686. The normalized spacial score (nSPS) is 9.65. The van der Waals surface area contributed by atoms with Crippen molar-refractivity contribution in [2.45, 2.75) is 67.7 Å². The molecule has 0 aromatic heterocycles. The van der Waals surface area contributed by atoms with Crippen molar-refractivity contribution in [1.29, 1.82) is 0 Å². The Kier molecular flexibility index (Phi) is 15.6. The van der Waals surface area contributed by atoms with Gasteiger partial charge in [0.2, 0.25) is 0 Å². The molecule has 0 bridgehead atoms. The van der Waals surface area contributed by atoms with Crippen LogP contribution in [0.5, 0.6) is 0 Å². The minimum absolute atomic E-state index is 0.167. The molecule has 0 amide bonds. The van der Waals surface area contributed by atoms with Gasteiger partial charge in [-0.1, -0.05) is 126 Å². The van der Waals surface area contributed by atoms with Crippen LogP contribution in [0.15, 0.2) is 91.0 Å². The lowest BCUT2D eigenvalue weighted by molar-refractivity contribution is -0.114. The van der Waals surface area contributed by atoms with Gasteiger partial charge in [0.1, 0.15) is 5.78 Å². The van der Waals surface area contributed by atoms with E-state index in [4.69, 9.17) is 0 Å². The molecule has 0 fully saturated rings. The molecule has 0 unspecified atom stereocenters. The Labute approximate surface area is 191 Å². The maximum atomic E-state index is 9.44. The molecular formula is C30H42O. The first-order valence-electron chi connectivity index (χ1n) is 11.6. The van der Waals surface area contributed by atoms with E-state index in [-0.39, 0.29) is 11.2 Å². The second-order valence-electron chi connectivity index (χ2n) is 7.71. The molecule has 0 atom stereocenters. The van der Waals surface area contributed by atoms with E-state index in [1.807, 2.05) is 27.7 Å². The SMILES string of the molecule is CC.CC.CC(C)=O.CC(Cc1ccccc1)(Cc1ccccc1)Cc1ccccc1. The average Bonchev–Trinajstić information content (AvgIpc) is 2.78. The largest absolute Gasteiger partial charge is 0.300 e. The molecular weight excluding hydrogens is 376 g/mol. The van der Waals surface area contributed by atoms with Crippen LogP contribution in [-0.4, -0.2) is 5.78 Å². The third-order valence-electron chi connectivity index (χ3n) is 4.42. The second kappa shape index (κ2) is 17.1. The lowest BCUT2D eigenvalue weighted by atomic mass is 9.74. The average molecular weight is 419 g/mol. The van der Waals surface area contributed by atoms with E-state index in [1.54, 1.807) is 0 Å². The van der Waals surface area contributed by atoms with Crippen LogP contribution in [0.4, 0.5) is 0 Å². The maximum absolute atomic E-state index is 9.44. The lowest BCUT2D eigenvalue weighted by Gasteiger charge is -2.30. The van der Waals surface area contributed by atoms with Crippen molar-refractivity contribution >= 4 is 5.78 Å². The predicted octanol–water partition coefficient (Wildman–Crippen LogP) is 8.37. The highest BCUT2D eigenvalue weighted by molar-refractivity contribution is 5.72. The first-order valence-corrected chi connectivity index (χ1v) is 11.6. The first kappa shape index (κ1) is 28.3. The molecule has 0 spiro atoms. The molecule has 0 saturated heterocycles. The molecule has 0 aliphatic rings. The van der Waals surface area contributed by atoms with Crippen LogP contribution in [0.2, 0.25) is 0 Å². The summed E-state index contributed by atoms with van der Waals surface area (Å²) in [6.07, 6.45) is 3.28. The van der Waals surface area contributed by atoms with Crippen LogP contribution in [-0.2, 0) is 24.1 Å². The van der Waals surface area contributed by atoms with Crippen molar-refractivity contribution in [3.8, 4) is 0 Å². The predicted molar refractivity (Wildman–Crippen MR) is 138 cm³/mol. The van der Waals surface area contributed by atoms with Crippen LogP contribution >= 0.6 is 0 Å². The van der Waals surface area contributed by atoms with Gasteiger partial charge in [0.25, 0.3) is 0 Å². The van der Waals surface area contributed by atoms with Crippen LogP contribution in [0.3, 0.4) is 0 Å². The van der Waals surface area contributed by atoms with E-state index >= 15 is 0 Å². The molecule has 1 nitrogen and oxygen atoms in total. The summed E-state index contributed by atoms with van der Waals surface area (Å²) in [6.45, 7) is 13.5. The minimum atomic E-state index is 0.167. The summed E-state index contributed by atoms with van der Waals surface area (Å²) in [5, 5.41) is 0. The van der Waals surface area contributed by atoms with Crippen molar-refractivity contribution in [3.05, 3.63) is 108 Å². The van der Waals surface area contributed by atoms with Gasteiger partial charge >= 0.3 is 0 Å². The van der Waals surface area contributed by atoms with E-state index in [2.05, 4.69) is 97.9 Å². The van der Waals surface area contributed by atoms with E-state index in [0.717, 1.165) is 19.3 Å². The van der Waals surface area contributed by atoms with Crippen LogP contribution in [0.1, 0.15) is 65.2 Å². The first-order chi connectivity index (χ1) is 15.0. The topological polar surface area (TPSA) is 17.1 Å². The van der Waals surface area contributed by atoms with Crippen molar-refractivity contribution < 1.29 is 4.79 Å². The lowest BCUT2D eigenvalue weighted by Crippen LogP contribution is -2.25. The molecule has 31 heavy (non-hydrogen) atoms. The summed E-state index contributed by atoms with van der Waals surface area (Å²) < 4.78 is 0. The smallest absolute Gasteiger partial charge is 0.126 e. The molecule has 0 radical (unpaired) electrons. The number of rotatable bonds is 6. The van der Waals surface area contributed by atoms with E-state index in [1.165, 1.54) is 30.5 Å². The van der Waals surface area contributed by atoms with E-state index in [0.29, 0.717) is 0 Å². The number of carbonyl (C=O) groups is 1. The Morgan fingerprint density at radius 3 is 0.935 bits per heavy atom. The zero-order valence-corrected chi connectivity index (χ0v) is 20.7. The highest BCUT2D eigenvalue weighted by Crippen LogP contribution is 2.31. The second-order valence-corrected chi connectivity index (χ2v) is 7.71. The number of hydrogen-bond acceptors (Lipinski definition) is 1. The zero-order chi connectivity index (χ0) is 23.5. The Morgan fingerprint density at radius 2 is 0.742 bits per heavy atom. The van der Waals surface area contributed by atoms with Gasteiger partial charge in [-0.2, -0.15) is 0 Å². The fourth-order valence-corrected chi connectivity index (χ4v) is 3.45. The van der Waals surface area contributed by atoms with Gasteiger partial charge in [-0.05, 0) is 55.2 Å². The van der Waals surface area contributed by atoms with Crippen molar-refractivity contribution in [2.75, 3.05) is 0 Å². The Balaban J connectivity index is 0.000000992. The maximum Gasteiger partial charge on any atom is 0.126 e. The van der Waals surface area contributed by atoms with Gasteiger partial charge in [0.15, 0.2) is 0 Å². The van der Waals surface area contributed by atoms with Gasteiger partial charge in [-0.15, -0.1) is 0 Å². The van der Waals surface area contributed by atoms with Crippen molar-refractivity contribution in [2.24, 2.45) is 5.41 Å². The number of Topliss-reactive ketones (excluding diaryl/α,β-unsaturated/α-hetero) is 1. The highest BCUT2D eigenvalue weighted by Gasteiger charge is 2.25. The summed E-state index contributed by atoms with van der Waals surface area (Å²) >= 11 is 0. The molecule has 3 aromatic rings. The molecule has 3 aromatic carbocycles. The number of ketones is 1. The zero-order valence-electron chi connectivity index (χ0n) is 20.7. The Hall–Kier alpha value is -2.67. The third-order valence-corrected chi connectivity index (χ3v) is 4.42. The quantitative estimate of drug-likeness (QED) is 0.393. The highest BCUT2D eigenvalue weighted by atomic mass is 16.1. The fourth-order valence-electron chi connectivity index (χ4n) is 3.45. The minimum Gasteiger partial charge on any atom is -0.300 e. The summed E-state index contributed by atoms with van der Waals surface area (Å²) in [5.41, 5.74) is 4.47. The molecule has 0 heterocycles. The van der Waals surface area contributed by atoms with Crippen LogP contribution in [0, 0.1) is 5.41 Å². The summed E-state index contributed by atoms with van der Waals surface area (Å²) in [7, 11) is 0. The standard InChI is InChI=1S/C23H24.C3H6O.2C2H6/c1-23(17-20-11-5-2-6-12-20,18-21-13-7-3-8-14-21)19-22-15-9-4-10-16-22;1-3(2)4;2*1-2/h2-16H,17-19H2,1H3;1-2H3;2*1-2H3. The third kappa shape index (κ3) is 13.3. The molecule has 0 N–H and O–H groups in total. The molecule has 0 aliphatic heterocycles. The van der Waals surface area contributed by atoms with Gasteiger partial charge in [0.05, 0.1) is 0 Å². The molecule has 168 valence electrons. The van der Waals surface area contributed by atoms with Gasteiger partial charge < -0.3 is 4.79 Å². The van der Waals surface area contributed by atoms with Gasteiger partial charge in [-0.25, -0.2) is 0 Å². The van der Waals surface area contributed by atoms with Crippen molar-refractivity contribution in [3.63, 3.8) is 0 Å². The monoisotopic (exact) mass is 418 g/mol. The van der Waals surface area contributed by atoms with E-state index in [9.17, 15) is 4.79 Å². The van der Waals surface area contributed by atoms with Crippen LogP contribution in [0.25, 0.3) is 0 Å². The summed E-state index contributed by atoms with van der Waals surface area (Å²) in [4.78, 5) is 9.44. The van der Waals surface area contributed by atoms with E-state index < -0.39 is 0 Å². The number of benzene rings is 3. The molecule has 1 heteroatoms. The van der Waals surface area contributed by atoms with Gasteiger partial charge in [0, 0.05) is 0 Å². The molecule has 3 rings (SSSR count). The Morgan fingerprint density at radius 1 is 0.548 bits per heavy atom. The fraction of sp³-hybridized carbons (Fsp3) is 0.367. The summed E-state index contributed by atoms with van der Waals surface area (Å²) in [6, 6.07) is 32.6. The number of carbonyl (C=O) groups excluding carboxylic acids is 1. The van der Waals surface area contributed by atoms with Crippen molar-refractivity contribution in [1.82, 2.24) is 0 Å².